The van der Waals surface area contributed by atoms with E-state index in [1.807, 2.05) is 19.1 Å². The molecule has 0 atom stereocenters. The molecule has 0 saturated carbocycles. The zero-order valence-corrected chi connectivity index (χ0v) is 14.1. The Labute approximate surface area is 145 Å². The van der Waals surface area contributed by atoms with Gasteiger partial charge in [0.1, 0.15) is 11.6 Å². The van der Waals surface area contributed by atoms with Crippen molar-refractivity contribution in [1.29, 1.82) is 0 Å². The summed E-state index contributed by atoms with van der Waals surface area (Å²) in [4.78, 5) is 17.1. The Morgan fingerprint density at radius 1 is 1.20 bits per heavy atom. The van der Waals surface area contributed by atoms with Crippen molar-refractivity contribution < 1.29 is 9.90 Å². The first-order valence-corrected chi connectivity index (χ1v) is 8.59. The number of amides is 1. The van der Waals surface area contributed by atoms with E-state index in [0.717, 1.165) is 47.9 Å². The Bertz CT molecular complexity index is 961. The van der Waals surface area contributed by atoms with Crippen LogP contribution in [-0.4, -0.2) is 26.2 Å². The predicted molar refractivity (Wildman–Crippen MR) is 95.9 cm³/mol. The van der Waals surface area contributed by atoms with E-state index >= 15 is 0 Å². The van der Waals surface area contributed by atoms with E-state index in [2.05, 4.69) is 20.5 Å². The van der Waals surface area contributed by atoms with E-state index in [-0.39, 0.29) is 11.7 Å². The van der Waals surface area contributed by atoms with Gasteiger partial charge in [-0.1, -0.05) is 6.42 Å². The smallest absolute Gasteiger partial charge is 0.277 e. The Balaban J connectivity index is 1.65. The number of hydrogen-bond acceptors (Lipinski definition) is 4. The molecule has 0 spiro atoms. The maximum Gasteiger partial charge on any atom is 0.277 e. The van der Waals surface area contributed by atoms with Gasteiger partial charge in [0, 0.05) is 22.7 Å². The van der Waals surface area contributed by atoms with Gasteiger partial charge in [0.05, 0.1) is 5.52 Å². The van der Waals surface area contributed by atoms with E-state index in [1.165, 1.54) is 6.42 Å². The van der Waals surface area contributed by atoms with Gasteiger partial charge in [-0.05, 0) is 56.4 Å². The molecule has 4 rings (SSSR count). The number of aromatic amines is 1. The minimum Gasteiger partial charge on any atom is -0.508 e. The number of carbonyl (C=O) groups excluding carboxylic acids is 1. The van der Waals surface area contributed by atoms with Crippen LogP contribution in [0.2, 0.25) is 0 Å². The molecule has 3 N–H and O–H groups in total. The van der Waals surface area contributed by atoms with Crippen LogP contribution in [0.15, 0.2) is 24.3 Å². The summed E-state index contributed by atoms with van der Waals surface area (Å²) >= 11 is 0. The second kappa shape index (κ2) is 6.20. The number of aryl methyl sites for hydroxylation is 2. The summed E-state index contributed by atoms with van der Waals surface area (Å²) in [6.45, 7) is 1.96. The van der Waals surface area contributed by atoms with Gasteiger partial charge < -0.3 is 10.4 Å². The third kappa shape index (κ3) is 2.95. The summed E-state index contributed by atoms with van der Waals surface area (Å²) in [5.41, 5.74) is 4.21. The molecule has 0 fully saturated rings. The fourth-order valence-electron chi connectivity index (χ4n) is 3.48. The minimum atomic E-state index is -0.245. The lowest BCUT2D eigenvalue weighted by atomic mass is 10.1. The van der Waals surface area contributed by atoms with Crippen molar-refractivity contribution in [2.45, 2.75) is 39.0 Å². The van der Waals surface area contributed by atoms with Crippen LogP contribution in [0.1, 0.15) is 46.6 Å². The molecular formula is C19H20N4O2. The maximum atomic E-state index is 12.7. The number of nitrogens with zero attached hydrogens (tertiary/aromatic N) is 2. The number of aromatic hydroxyl groups is 1. The van der Waals surface area contributed by atoms with E-state index in [1.54, 1.807) is 12.1 Å². The molecule has 1 aliphatic carbocycles. The highest BCUT2D eigenvalue weighted by atomic mass is 16.3. The number of fused-ring (bicyclic) bond motifs is 2. The summed E-state index contributed by atoms with van der Waals surface area (Å²) in [6, 6.07) is 6.89. The van der Waals surface area contributed by atoms with Gasteiger partial charge in [-0.25, -0.2) is 4.98 Å². The zero-order valence-electron chi connectivity index (χ0n) is 14.1. The molecule has 3 aromatic rings. The second-order valence-corrected chi connectivity index (χ2v) is 6.57. The van der Waals surface area contributed by atoms with E-state index < -0.39 is 0 Å². The normalized spacial score (nSPS) is 14.1. The number of anilines is 1. The van der Waals surface area contributed by atoms with Gasteiger partial charge in [0.15, 0.2) is 5.69 Å². The van der Waals surface area contributed by atoms with Gasteiger partial charge in [-0.15, -0.1) is 0 Å². The molecule has 25 heavy (non-hydrogen) atoms. The van der Waals surface area contributed by atoms with Crippen LogP contribution in [0.25, 0.3) is 10.9 Å². The second-order valence-electron chi connectivity index (χ2n) is 6.57. The van der Waals surface area contributed by atoms with Gasteiger partial charge in [0.25, 0.3) is 5.91 Å². The van der Waals surface area contributed by atoms with Crippen molar-refractivity contribution in [2.24, 2.45) is 0 Å². The molecule has 0 saturated heterocycles. The van der Waals surface area contributed by atoms with E-state index in [9.17, 15) is 9.90 Å². The van der Waals surface area contributed by atoms with Crippen molar-refractivity contribution in [3.63, 3.8) is 0 Å². The maximum absolute atomic E-state index is 12.7. The van der Waals surface area contributed by atoms with Crippen molar-refractivity contribution in [2.75, 3.05) is 5.32 Å². The number of aromatic nitrogens is 3. The molecule has 0 aliphatic heterocycles. The van der Waals surface area contributed by atoms with Gasteiger partial charge in [-0.3, -0.25) is 9.89 Å². The van der Waals surface area contributed by atoms with Crippen LogP contribution in [-0.2, 0) is 12.8 Å². The summed E-state index contributed by atoms with van der Waals surface area (Å²) in [7, 11) is 0. The number of phenolic OH excluding ortho intramolecular Hbond substituents is 1. The highest BCUT2D eigenvalue weighted by molar-refractivity contribution is 6.04. The Kier molecular flexibility index (Phi) is 3.87. The number of benzene rings is 1. The third-order valence-electron chi connectivity index (χ3n) is 4.76. The lowest BCUT2D eigenvalue weighted by molar-refractivity contribution is 0.102. The first-order chi connectivity index (χ1) is 12.1. The molecule has 0 unspecified atom stereocenters. The monoisotopic (exact) mass is 336 g/mol. The largest absolute Gasteiger partial charge is 0.508 e. The van der Waals surface area contributed by atoms with Crippen molar-refractivity contribution in [3.8, 4) is 5.75 Å². The summed E-state index contributed by atoms with van der Waals surface area (Å²) in [5.74, 6) is 0.372. The Morgan fingerprint density at radius 3 is 2.92 bits per heavy atom. The SMILES string of the molecule is Cc1cc(NC(=O)c2n[nH]c3c2CCCCC3)nc2cc(O)ccc12. The number of nitrogens with one attached hydrogen (secondary N) is 2. The number of H-pyrrole nitrogens is 1. The third-order valence-corrected chi connectivity index (χ3v) is 4.76. The van der Waals surface area contributed by atoms with Crippen LogP contribution in [0, 0.1) is 6.92 Å². The quantitative estimate of drug-likeness (QED) is 0.625. The van der Waals surface area contributed by atoms with Crippen LogP contribution in [0.3, 0.4) is 0 Å². The van der Waals surface area contributed by atoms with Crippen LogP contribution in [0.5, 0.6) is 5.75 Å². The fourth-order valence-corrected chi connectivity index (χ4v) is 3.48. The Hall–Kier alpha value is -2.89. The van der Waals surface area contributed by atoms with Crippen molar-refractivity contribution in [3.05, 3.63) is 46.8 Å². The number of rotatable bonds is 2. The van der Waals surface area contributed by atoms with Crippen LogP contribution < -0.4 is 5.32 Å². The molecule has 1 amide bonds. The topological polar surface area (TPSA) is 90.9 Å². The average Bonchev–Trinajstić information content (AvgIpc) is 2.83. The number of hydrogen-bond donors (Lipinski definition) is 3. The first-order valence-electron chi connectivity index (χ1n) is 8.59. The van der Waals surface area contributed by atoms with Crippen molar-refractivity contribution >= 4 is 22.6 Å². The summed E-state index contributed by atoms with van der Waals surface area (Å²) in [6.07, 6.45) is 5.22. The van der Waals surface area contributed by atoms with Crippen molar-refractivity contribution in [1.82, 2.24) is 15.2 Å². The molecule has 6 heteroatoms. The molecule has 1 aliphatic rings. The fraction of sp³-hybridized carbons (Fsp3) is 0.316. The van der Waals surface area contributed by atoms with Gasteiger partial charge >= 0.3 is 0 Å². The number of pyridine rings is 1. The minimum absolute atomic E-state index is 0.153. The number of phenols is 1. The molecule has 2 heterocycles. The molecule has 0 bridgehead atoms. The lowest BCUT2D eigenvalue weighted by Crippen LogP contribution is -2.15. The molecule has 2 aromatic heterocycles. The summed E-state index contributed by atoms with van der Waals surface area (Å²) in [5, 5.41) is 20.7. The lowest BCUT2D eigenvalue weighted by Gasteiger charge is -2.08. The van der Waals surface area contributed by atoms with E-state index in [4.69, 9.17) is 0 Å². The zero-order chi connectivity index (χ0) is 17.4. The van der Waals surface area contributed by atoms with Gasteiger partial charge in [-0.2, -0.15) is 5.10 Å². The van der Waals surface area contributed by atoms with Crippen LogP contribution in [0.4, 0.5) is 5.82 Å². The number of carbonyl (C=O) groups is 1. The average molecular weight is 336 g/mol. The van der Waals surface area contributed by atoms with Crippen LogP contribution >= 0.6 is 0 Å². The Morgan fingerprint density at radius 2 is 2.04 bits per heavy atom. The molecular weight excluding hydrogens is 316 g/mol. The predicted octanol–water partition coefficient (Wildman–Crippen LogP) is 3.49. The molecule has 1 aromatic carbocycles. The highest BCUT2D eigenvalue weighted by Crippen LogP contribution is 2.25. The molecule has 0 radical (unpaired) electrons. The summed E-state index contributed by atoms with van der Waals surface area (Å²) < 4.78 is 0. The first kappa shape index (κ1) is 15.6. The standard InChI is InChI=1S/C19H20N4O2/c1-11-9-17(20-16-10-12(24)7-8-13(11)16)21-19(25)18-14-5-3-2-4-6-15(14)22-23-18/h7-10,24H,2-6H2,1H3,(H,22,23)(H,20,21,25). The molecule has 128 valence electrons. The molecule has 6 nitrogen and oxygen atoms in total. The van der Waals surface area contributed by atoms with E-state index in [0.29, 0.717) is 17.0 Å². The highest BCUT2D eigenvalue weighted by Gasteiger charge is 2.21. The van der Waals surface area contributed by atoms with Gasteiger partial charge in [0.2, 0.25) is 0 Å².